The Morgan fingerprint density at radius 1 is 1.69 bits per heavy atom. The van der Waals surface area contributed by atoms with Gasteiger partial charge in [-0.1, -0.05) is 12.8 Å². The molecule has 4 N–H and O–H groups in total. The Hall–Kier alpha value is -0.610. The van der Waals surface area contributed by atoms with E-state index in [4.69, 9.17) is 5.73 Å². The first-order valence-electron chi connectivity index (χ1n) is 4.79. The number of hydrogen-bond acceptors (Lipinski definition) is 3. The summed E-state index contributed by atoms with van der Waals surface area (Å²) in [6.07, 6.45) is 3.69. The second-order valence-corrected chi connectivity index (χ2v) is 3.70. The molecule has 1 rings (SSSR count). The lowest BCUT2D eigenvalue weighted by atomic mass is 9.72. The third-order valence-corrected chi connectivity index (χ3v) is 3.18. The molecule has 1 saturated carbocycles. The summed E-state index contributed by atoms with van der Waals surface area (Å²) in [6, 6.07) is 0. The van der Waals surface area contributed by atoms with Crippen LogP contribution >= 0.6 is 0 Å². The maximum Gasteiger partial charge on any atom is 0.324 e. The van der Waals surface area contributed by atoms with Crippen LogP contribution in [0.2, 0.25) is 0 Å². The van der Waals surface area contributed by atoms with Crippen LogP contribution < -0.4 is 11.1 Å². The zero-order chi connectivity index (χ0) is 9.90. The zero-order valence-electron chi connectivity index (χ0n) is 8.05. The van der Waals surface area contributed by atoms with Crippen molar-refractivity contribution in [3.8, 4) is 0 Å². The van der Waals surface area contributed by atoms with Crippen molar-refractivity contribution in [2.45, 2.75) is 31.2 Å². The summed E-state index contributed by atoms with van der Waals surface area (Å²) >= 11 is 0. The molecule has 2 unspecified atom stereocenters. The number of carbonyl (C=O) groups is 1. The number of aliphatic carboxylic acids is 1. The molecule has 0 aromatic carbocycles. The number of likely N-dealkylation sites (N-methyl/N-ethyl adjacent to an activating group) is 1. The molecule has 13 heavy (non-hydrogen) atoms. The highest BCUT2D eigenvalue weighted by atomic mass is 16.4. The Morgan fingerprint density at radius 2 is 2.38 bits per heavy atom. The Balaban J connectivity index is 2.84. The molecule has 0 spiro atoms. The molecule has 4 nitrogen and oxygen atoms in total. The summed E-state index contributed by atoms with van der Waals surface area (Å²) in [5, 5.41) is 12.1. The normalized spacial score (nSPS) is 34.5. The van der Waals surface area contributed by atoms with E-state index >= 15 is 0 Å². The summed E-state index contributed by atoms with van der Waals surface area (Å²) in [5.74, 6) is -0.686. The molecular formula is C9H18N2O2. The summed E-state index contributed by atoms with van der Waals surface area (Å²) in [5.41, 5.74) is 4.82. The molecule has 76 valence electrons. The minimum atomic E-state index is -0.771. The van der Waals surface area contributed by atoms with Gasteiger partial charge in [-0.05, 0) is 26.4 Å². The predicted molar refractivity (Wildman–Crippen MR) is 50.4 cm³/mol. The quantitative estimate of drug-likeness (QED) is 0.587. The topological polar surface area (TPSA) is 75.3 Å². The lowest BCUT2D eigenvalue weighted by Crippen LogP contribution is -2.59. The van der Waals surface area contributed by atoms with Gasteiger partial charge in [-0.2, -0.15) is 0 Å². The zero-order valence-corrected chi connectivity index (χ0v) is 8.05. The molecule has 0 aromatic heterocycles. The molecule has 0 aliphatic heterocycles. The smallest absolute Gasteiger partial charge is 0.324 e. The Kier molecular flexibility index (Phi) is 3.27. The van der Waals surface area contributed by atoms with E-state index in [0.717, 1.165) is 19.3 Å². The highest BCUT2D eigenvalue weighted by molar-refractivity contribution is 5.79. The highest BCUT2D eigenvalue weighted by Gasteiger charge is 2.45. The van der Waals surface area contributed by atoms with Gasteiger partial charge in [0.15, 0.2) is 0 Å². The second-order valence-electron chi connectivity index (χ2n) is 3.70. The van der Waals surface area contributed by atoms with E-state index in [1.54, 1.807) is 7.05 Å². The predicted octanol–water partition coefficient (Wildman–Crippen LogP) is 0.178. The number of nitrogens with two attached hydrogens (primary N) is 1. The second kappa shape index (κ2) is 4.07. The van der Waals surface area contributed by atoms with Gasteiger partial charge in [0.05, 0.1) is 0 Å². The molecule has 1 fully saturated rings. The van der Waals surface area contributed by atoms with Gasteiger partial charge >= 0.3 is 5.97 Å². The van der Waals surface area contributed by atoms with E-state index in [1.165, 1.54) is 0 Å². The minimum Gasteiger partial charge on any atom is -0.480 e. The van der Waals surface area contributed by atoms with Crippen LogP contribution in [0.15, 0.2) is 0 Å². The Labute approximate surface area is 78.5 Å². The summed E-state index contributed by atoms with van der Waals surface area (Å²) < 4.78 is 0. The van der Waals surface area contributed by atoms with Crippen molar-refractivity contribution < 1.29 is 9.90 Å². The highest BCUT2D eigenvalue weighted by Crippen LogP contribution is 2.33. The lowest BCUT2D eigenvalue weighted by Gasteiger charge is -2.40. The molecule has 1 aliphatic carbocycles. The van der Waals surface area contributed by atoms with Gasteiger partial charge < -0.3 is 16.2 Å². The molecular weight excluding hydrogens is 168 g/mol. The third kappa shape index (κ3) is 1.69. The average molecular weight is 186 g/mol. The first-order chi connectivity index (χ1) is 6.17. The van der Waals surface area contributed by atoms with E-state index in [0.29, 0.717) is 13.0 Å². The maximum absolute atomic E-state index is 11.2. The van der Waals surface area contributed by atoms with Crippen LogP contribution in [-0.4, -0.2) is 30.2 Å². The number of rotatable bonds is 3. The van der Waals surface area contributed by atoms with Gasteiger partial charge in [0.1, 0.15) is 5.54 Å². The van der Waals surface area contributed by atoms with Crippen molar-refractivity contribution in [1.82, 2.24) is 5.32 Å². The number of hydrogen-bond donors (Lipinski definition) is 3. The van der Waals surface area contributed by atoms with E-state index in [-0.39, 0.29) is 5.92 Å². The monoisotopic (exact) mass is 186 g/mol. The van der Waals surface area contributed by atoms with Gasteiger partial charge in [0.2, 0.25) is 0 Å². The molecule has 2 atom stereocenters. The largest absolute Gasteiger partial charge is 0.480 e. The van der Waals surface area contributed by atoms with Crippen molar-refractivity contribution in [3.63, 3.8) is 0 Å². The number of nitrogens with one attached hydrogen (secondary N) is 1. The minimum absolute atomic E-state index is 0.0729. The molecule has 0 saturated heterocycles. The number of carboxylic acid groups (broad SMARTS) is 1. The Bertz CT molecular complexity index is 196. The molecule has 0 amide bonds. The molecule has 0 aromatic rings. The van der Waals surface area contributed by atoms with E-state index < -0.39 is 11.5 Å². The molecule has 0 radical (unpaired) electrons. The number of carboxylic acids is 1. The van der Waals surface area contributed by atoms with Gasteiger partial charge in [-0.15, -0.1) is 0 Å². The van der Waals surface area contributed by atoms with Crippen molar-refractivity contribution in [2.75, 3.05) is 13.6 Å². The van der Waals surface area contributed by atoms with Crippen LogP contribution in [0.4, 0.5) is 0 Å². The van der Waals surface area contributed by atoms with Crippen molar-refractivity contribution in [2.24, 2.45) is 11.7 Å². The molecule has 0 heterocycles. The molecule has 4 heteroatoms. The lowest BCUT2D eigenvalue weighted by molar-refractivity contribution is -0.148. The SMILES string of the molecule is CNC1(C(=O)O)CCCCC1CN. The summed E-state index contributed by atoms with van der Waals surface area (Å²) in [6.45, 7) is 0.452. The van der Waals surface area contributed by atoms with Crippen LogP contribution in [0.1, 0.15) is 25.7 Å². The fourth-order valence-corrected chi connectivity index (χ4v) is 2.28. The van der Waals surface area contributed by atoms with Crippen LogP contribution in [-0.2, 0) is 4.79 Å². The maximum atomic E-state index is 11.2. The van der Waals surface area contributed by atoms with E-state index in [9.17, 15) is 9.90 Å². The van der Waals surface area contributed by atoms with Gasteiger partial charge in [-0.25, -0.2) is 0 Å². The van der Waals surface area contributed by atoms with Gasteiger partial charge in [-0.3, -0.25) is 4.79 Å². The Morgan fingerprint density at radius 3 is 2.77 bits per heavy atom. The van der Waals surface area contributed by atoms with Crippen LogP contribution in [0.5, 0.6) is 0 Å². The standard InChI is InChI=1S/C9H18N2O2/c1-11-9(8(12)13)5-3-2-4-7(9)6-10/h7,11H,2-6,10H2,1H3,(H,12,13). The average Bonchev–Trinajstić information content (AvgIpc) is 2.17. The van der Waals surface area contributed by atoms with Gasteiger partial charge in [0.25, 0.3) is 0 Å². The van der Waals surface area contributed by atoms with Crippen molar-refractivity contribution >= 4 is 5.97 Å². The molecule has 1 aliphatic rings. The first-order valence-corrected chi connectivity index (χ1v) is 4.79. The first kappa shape index (κ1) is 10.5. The van der Waals surface area contributed by atoms with Crippen molar-refractivity contribution in [3.05, 3.63) is 0 Å². The van der Waals surface area contributed by atoms with Crippen LogP contribution in [0, 0.1) is 5.92 Å². The summed E-state index contributed by atoms with van der Waals surface area (Å²) in [4.78, 5) is 11.2. The fourth-order valence-electron chi connectivity index (χ4n) is 2.28. The van der Waals surface area contributed by atoms with Gasteiger partial charge in [0, 0.05) is 5.92 Å². The molecule has 0 bridgehead atoms. The fraction of sp³-hybridized carbons (Fsp3) is 0.889. The van der Waals surface area contributed by atoms with Crippen molar-refractivity contribution in [1.29, 1.82) is 0 Å². The summed E-state index contributed by atoms with van der Waals surface area (Å²) in [7, 11) is 1.71. The van der Waals surface area contributed by atoms with E-state index in [2.05, 4.69) is 5.32 Å². The van der Waals surface area contributed by atoms with Crippen LogP contribution in [0.25, 0.3) is 0 Å². The van der Waals surface area contributed by atoms with Crippen LogP contribution in [0.3, 0.4) is 0 Å². The van der Waals surface area contributed by atoms with E-state index in [1.807, 2.05) is 0 Å². The third-order valence-electron chi connectivity index (χ3n) is 3.18.